The van der Waals surface area contributed by atoms with Gasteiger partial charge in [-0.1, -0.05) is 6.07 Å². The zero-order chi connectivity index (χ0) is 16.0. The molecular formula is C16H22FNO3. The number of carbonyl (C=O) groups is 2. The van der Waals surface area contributed by atoms with E-state index >= 15 is 0 Å². The summed E-state index contributed by atoms with van der Waals surface area (Å²) in [4.78, 5) is 23.2. The Kier molecular flexibility index (Phi) is 5.88. The van der Waals surface area contributed by atoms with Crippen LogP contribution in [0.3, 0.4) is 0 Å². The minimum absolute atomic E-state index is 0.0902. The summed E-state index contributed by atoms with van der Waals surface area (Å²) in [5, 5.41) is 2.62. The van der Waals surface area contributed by atoms with Crippen LogP contribution in [0.5, 0.6) is 0 Å². The third kappa shape index (κ3) is 7.44. The second-order valence-corrected chi connectivity index (χ2v) is 6.00. The molecule has 0 aliphatic rings. The van der Waals surface area contributed by atoms with Gasteiger partial charge in [-0.15, -0.1) is 0 Å². The number of esters is 1. The van der Waals surface area contributed by atoms with Gasteiger partial charge in [-0.25, -0.2) is 4.39 Å². The standard InChI is InChI=1S/C16H22FNO3/c1-11-7-12(9-13(17)8-11)10-14(19)18-6-5-15(20)21-16(2,3)4/h7-9H,5-6,10H2,1-4H3,(H,18,19). The van der Waals surface area contributed by atoms with Crippen LogP contribution in [0.15, 0.2) is 18.2 Å². The third-order valence-electron chi connectivity index (χ3n) is 2.54. The molecule has 1 N–H and O–H groups in total. The Balaban J connectivity index is 2.36. The molecule has 1 aromatic carbocycles. The average molecular weight is 295 g/mol. The van der Waals surface area contributed by atoms with Gasteiger partial charge >= 0.3 is 5.97 Å². The van der Waals surface area contributed by atoms with Crippen molar-refractivity contribution in [2.75, 3.05) is 6.54 Å². The molecule has 4 nitrogen and oxygen atoms in total. The lowest BCUT2D eigenvalue weighted by Crippen LogP contribution is -2.30. The van der Waals surface area contributed by atoms with E-state index in [1.54, 1.807) is 33.8 Å². The normalized spacial score (nSPS) is 11.1. The lowest BCUT2D eigenvalue weighted by molar-refractivity contribution is -0.154. The maximum absolute atomic E-state index is 13.2. The fourth-order valence-corrected chi connectivity index (χ4v) is 1.86. The summed E-state index contributed by atoms with van der Waals surface area (Å²) >= 11 is 0. The van der Waals surface area contributed by atoms with E-state index in [-0.39, 0.29) is 37.1 Å². The minimum Gasteiger partial charge on any atom is -0.460 e. The van der Waals surface area contributed by atoms with Crippen LogP contribution in [0.4, 0.5) is 4.39 Å². The first-order valence-electron chi connectivity index (χ1n) is 6.90. The highest BCUT2D eigenvalue weighted by molar-refractivity contribution is 5.79. The highest BCUT2D eigenvalue weighted by Crippen LogP contribution is 2.09. The van der Waals surface area contributed by atoms with Crippen LogP contribution >= 0.6 is 0 Å². The first kappa shape index (κ1) is 17.1. The molecule has 1 amide bonds. The predicted octanol–water partition coefficient (Wildman–Crippen LogP) is 2.52. The molecule has 0 unspecified atom stereocenters. The first-order chi connectivity index (χ1) is 9.65. The molecule has 0 aromatic heterocycles. The van der Waals surface area contributed by atoms with Gasteiger partial charge < -0.3 is 10.1 Å². The first-order valence-corrected chi connectivity index (χ1v) is 6.90. The number of hydrogen-bond acceptors (Lipinski definition) is 3. The van der Waals surface area contributed by atoms with Crippen molar-refractivity contribution in [1.29, 1.82) is 0 Å². The monoisotopic (exact) mass is 295 g/mol. The summed E-state index contributed by atoms with van der Waals surface area (Å²) in [7, 11) is 0. The molecule has 0 saturated heterocycles. The second-order valence-electron chi connectivity index (χ2n) is 6.00. The molecule has 0 aliphatic carbocycles. The molecular weight excluding hydrogens is 273 g/mol. The summed E-state index contributed by atoms with van der Waals surface area (Å²) in [6, 6.07) is 4.50. The van der Waals surface area contributed by atoms with E-state index in [9.17, 15) is 14.0 Å². The lowest BCUT2D eigenvalue weighted by Gasteiger charge is -2.19. The SMILES string of the molecule is Cc1cc(F)cc(CC(=O)NCCC(=O)OC(C)(C)C)c1. The van der Waals surface area contributed by atoms with Gasteiger partial charge in [0.25, 0.3) is 0 Å². The minimum atomic E-state index is -0.528. The molecule has 0 saturated carbocycles. The molecule has 1 aromatic rings. The van der Waals surface area contributed by atoms with Gasteiger partial charge in [-0.05, 0) is 51.0 Å². The van der Waals surface area contributed by atoms with Gasteiger partial charge in [0.2, 0.25) is 5.91 Å². The maximum Gasteiger partial charge on any atom is 0.308 e. The summed E-state index contributed by atoms with van der Waals surface area (Å²) in [6.45, 7) is 7.34. The Morgan fingerprint density at radius 3 is 2.48 bits per heavy atom. The van der Waals surface area contributed by atoms with Crippen LogP contribution in [0.25, 0.3) is 0 Å². The van der Waals surface area contributed by atoms with Crippen molar-refractivity contribution >= 4 is 11.9 Å². The molecule has 0 atom stereocenters. The molecule has 21 heavy (non-hydrogen) atoms. The van der Waals surface area contributed by atoms with Crippen molar-refractivity contribution in [2.24, 2.45) is 0 Å². The average Bonchev–Trinajstić information content (AvgIpc) is 2.24. The Hall–Kier alpha value is -1.91. The highest BCUT2D eigenvalue weighted by atomic mass is 19.1. The molecule has 0 fully saturated rings. The Morgan fingerprint density at radius 2 is 1.90 bits per heavy atom. The van der Waals surface area contributed by atoms with Gasteiger partial charge in [0, 0.05) is 6.54 Å². The topological polar surface area (TPSA) is 55.4 Å². The molecule has 0 radical (unpaired) electrons. The van der Waals surface area contributed by atoms with Gasteiger partial charge in [0.05, 0.1) is 12.8 Å². The van der Waals surface area contributed by atoms with E-state index in [0.29, 0.717) is 5.56 Å². The molecule has 0 spiro atoms. The molecule has 0 aliphatic heterocycles. The molecule has 0 bridgehead atoms. The number of aryl methyl sites for hydroxylation is 1. The van der Waals surface area contributed by atoms with Crippen molar-refractivity contribution in [1.82, 2.24) is 5.32 Å². The number of ether oxygens (including phenoxy) is 1. The Morgan fingerprint density at radius 1 is 1.24 bits per heavy atom. The van der Waals surface area contributed by atoms with Crippen LogP contribution in [-0.2, 0) is 20.7 Å². The molecule has 5 heteroatoms. The van der Waals surface area contributed by atoms with Gasteiger partial charge in [-0.3, -0.25) is 9.59 Å². The number of halogens is 1. The Labute approximate surface area is 124 Å². The van der Waals surface area contributed by atoms with Gasteiger partial charge in [0.1, 0.15) is 11.4 Å². The van der Waals surface area contributed by atoms with Crippen LogP contribution in [0, 0.1) is 12.7 Å². The molecule has 1 rings (SSSR count). The third-order valence-corrected chi connectivity index (χ3v) is 2.54. The van der Waals surface area contributed by atoms with Crippen molar-refractivity contribution in [2.45, 2.75) is 46.1 Å². The van der Waals surface area contributed by atoms with Gasteiger partial charge in [0.15, 0.2) is 0 Å². The van der Waals surface area contributed by atoms with E-state index < -0.39 is 5.60 Å². The fourth-order valence-electron chi connectivity index (χ4n) is 1.86. The van der Waals surface area contributed by atoms with E-state index in [2.05, 4.69) is 5.32 Å². The number of rotatable bonds is 5. The predicted molar refractivity (Wildman–Crippen MR) is 78.3 cm³/mol. The van der Waals surface area contributed by atoms with E-state index in [1.165, 1.54) is 12.1 Å². The van der Waals surface area contributed by atoms with Crippen LogP contribution in [-0.4, -0.2) is 24.0 Å². The quantitative estimate of drug-likeness (QED) is 0.849. The molecule has 116 valence electrons. The van der Waals surface area contributed by atoms with Crippen molar-refractivity contribution in [3.8, 4) is 0 Å². The second kappa shape index (κ2) is 7.20. The summed E-state index contributed by atoms with van der Waals surface area (Å²) in [5.74, 6) is -0.959. The zero-order valence-corrected chi connectivity index (χ0v) is 13.0. The zero-order valence-electron chi connectivity index (χ0n) is 13.0. The number of amides is 1. The number of carbonyl (C=O) groups excluding carboxylic acids is 2. The fraction of sp³-hybridized carbons (Fsp3) is 0.500. The smallest absolute Gasteiger partial charge is 0.308 e. The van der Waals surface area contributed by atoms with E-state index in [4.69, 9.17) is 4.74 Å². The largest absolute Gasteiger partial charge is 0.460 e. The highest BCUT2D eigenvalue weighted by Gasteiger charge is 2.16. The number of nitrogens with one attached hydrogen (secondary N) is 1. The number of benzene rings is 1. The summed E-state index contributed by atoms with van der Waals surface area (Å²) < 4.78 is 18.3. The van der Waals surface area contributed by atoms with Crippen molar-refractivity contribution < 1.29 is 18.7 Å². The maximum atomic E-state index is 13.2. The van der Waals surface area contributed by atoms with Crippen molar-refractivity contribution in [3.63, 3.8) is 0 Å². The van der Waals surface area contributed by atoms with Crippen LogP contribution in [0.2, 0.25) is 0 Å². The molecule has 0 heterocycles. The van der Waals surface area contributed by atoms with Crippen molar-refractivity contribution in [3.05, 3.63) is 35.1 Å². The van der Waals surface area contributed by atoms with Crippen LogP contribution in [0.1, 0.15) is 38.3 Å². The van der Waals surface area contributed by atoms with E-state index in [0.717, 1.165) is 5.56 Å². The van der Waals surface area contributed by atoms with E-state index in [1.807, 2.05) is 0 Å². The van der Waals surface area contributed by atoms with Crippen LogP contribution < -0.4 is 5.32 Å². The van der Waals surface area contributed by atoms with Gasteiger partial charge in [-0.2, -0.15) is 0 Å². The summed E-state index contributed by atoms with van der Waals surface area (Å²) in [6.07, 6.45) is 0.206. The lowest BCUT2D eigenvalue weighted by atomic mass is 10.1. The Bertz CT molecular complexity index is 500. The summed E-state index contributed by atoms with van der Waals surface area (Å²) in [5.41, 5.74) is 0.856. The number of hydrogen-bond donors (Lipinski definition) is 1.